The number of nitrogens with one attached hydrogen (secondary N) is 1. The number of hydrogen-bond acceptors (Lipinski definition) is 6. The molecule has 35 heavy (non-hydrogen) atoms. The maximum Gasteiger partial charge on any atom is 0.328 e. The molecule has 4 heterocycles. The van der Waals surface area contributed by atoms with Crippen molar-refractivity contribution in [2.24, 2.45) is 5.92 Å². The van der Waals surface area contributed by atoms with Crippen LogP contribution in [0.5, 0.6) is 0 Å². The average Bonchev–Trinajstić information content (AvgIpc) is 3.63. The Kier molecular flexibility index (Phi) is 7.97. The van der Waals surface area contributed by atoms with Crippen LogP contribution in [0.3, 0.4) is 0 Å². The maximum absolute atomic E-state index is 13.1. The summed E-state index contributed by atoms with van der Waals surface area (Å²) >= 11 is 0. The van der Waals surface area contributed by atoms with Gasteiger partial charge in [-0.15, -0.1) is 0 Å². The number of carbonyl (C=O) groups excluding carboxylic acids is 1. The van der Waals surface area contributed by atoms with Crippen LogP contribution in [0.4, 0.5) is 5.82 Å². The molecule has 1 saturated carbocycles. The Morgan fingerprint density at radius 3 is 2.97 bits per heavy atom. The van der Waals surface area contributed by atoms with Crippen molar-refractivity contribution in [1.82, 2.24) is 14.9 Å². The average molecular weight is 477 g/mol. The van der Waals surface area contributed by atoms with Crippen LogP contribution in [-0.4, -0.2) is 47.1 Å². The Bertz CT molecular complexity index is 1010. The molecule has 2 unspecified atom stereocenters. The molecule has 0 spiro atoms. The molecule has 0 bridgehead atoms. The van der Waals surface area contributed by atoms with Crippen molar-refractivity contribution in [1.29, 1.82) is 0 Å². The predicted octanol–water partition coefficient (Wildman–Crippen LogP) is 5.44. The van der Waals surface area contributed by atoms with E-state index in [1.165, 1.54) is 56.2 Å². The molecular formula is C29H40N4O2. The van der Waals surface area contributed by atoms with Crippen LogP contribution in [0.25, 0.3) is 0 Å². The summed E-state index contributed by atoms with van der Waals surface area (Å²) in [7, 11) is 0. The minimum Gasteiger partial charge on any atom is -0.465 e. The van der Waals surface area contributed by atoms with Crippen molar-refractivity contribution in [3.05, 3.63) is 53.0 Å². The van der Waals surface area contributed by atoms with Gasteiger partial charge < -0.3 is 10.1 Å². The van der Waals surface area contributed by atoms with Gasteiger partial charge in [0, 0.05) is 42.2 Å². The van der Waals surface area contributed by atoms with Crippen LogP contribution < -0.4 is 5.32 Å². The topological polar surface area (TPSA) is 67.3 Å². The monoisotopic (exact) mass is 476 g/mol. The summed E-state index contributed by atoms with van der Waals surface area (Å²) in [6.45, 7) is 5.28. The smallest absolute Gasteiger partial charge is 0.328 e. The predicted molar refractivity (Wildman–Crippen MR) is 138 cm³/mol. The van der Waals surface area contributed by atoms with E-state index in [9.17, 15) is 4.79 Å². The number of aromatic nitrogens is 2. The lowest BCUT2D eigenvalue weighted by atomic mass is 9.99. The molecule has 188 valence electrons. The number of likely N-dealkylation sites (tertiary alicyclic amines) is 1. The van der Waals surface area contributed by atoms with Crippen molar-refractivity contribution >= 4 is 11.8 Å². The minimum atomic E-state index is -0.312. The van der Waals surface area contributed by atoms with Gasteiger partial charge in [0.2, 0.25) is 0 Å². The fourth-order valence-corrected chi connectivity index (χ4v) is 5.81. The van der Waals surface area contributed by atoms with Gasteiger partial charge in [-0.25, -0.2) is 9.78 Å². The van der Waals surface area contributed by atoms with E-state index in [0.717, 1.165) is 56.0 Å². The second kappa shape index (κ2) is 11.5. The third kappa shape index (κ3) is 6.03. The van der Waals surface area contributed by atoms with Crippen molar-refractivity contribution in [3.63, 3.8) is 0 Å². The number of nitrogens with zero attached hydrogens (tertiary/aromatic N) is 3. The first-order valence-electron chi connectivity index (χ1n) is 13.8. The fraction of sp³-hybridized carbons (Fsp3) is 0.621. The Morgan fingerprint density at radius 1 is 1.20 bits per heavy atom. The number of ether oxygens (including phenoxy) is 1. The largest absolute Gasteiger partial charge is 0.465 e. The zero-order chi connectivity index (χ0) is 24.0. The zero-order valence-corrected chi connectivity index (χ0v) is 21.2. The number of rotatable bonds is 11. The van der Waals surface area contributed by atoms with Crippen LogP contribution in [0.2, 0.25) is 0 Å². The summed E-state index contributed by atoms with van der Waals surface area (Å²) in [6.07, 6.45) is 13.7. The first-order chi connectivity index (χ1) is 17.2. The summed E-state index contributed by atoms with van der Waals surface area (Å²) in [5, 5.41) is 3.44. The number of esters is 1. The molecule has 6 nitrogen and oxygen atoms in total. The lowest BCUT2D eigenvalue weighted by molar-refractivity contribution is -0.149. The Labute approximate surface area is 209 Å². The van der Waals surface area contributed by atoms with Crippen LogP contribution in [0.1, 0.15) is 92.8 Å². The van der Waals surface area contributed by atoms with E-state index in [1.807, 2.05) is 19.2 Å². The van der Waals surface area contributed by atoms with E-state index in [0.29, 0.717) is 18.4 Å². The van der Waals surface area contributed by atoms with E-state index in [1.54, 1.807) is 0 Å². The van der Waals surface area contributed by atoms with Crippen molar-refractivity contribution < 1.29 is 9.53 Å². The molecule has 1 aliphatic carbocycles. The third-order valence-corrected chi connectivity index (χ3v) is 7.82. The van der Waals surface area contributed by atoms with Gasteiger partial charge in [0.25, 0.3) is 0 Å². The van der Waals surface area contributed by atoms with Crippen LogP contribution in [0, 0.1) is 5.92 Å². The lowest BCUT2D eigenvalue weighted by Crippen LogP contribution is -2.34. The van der Waals surface area contributed by atoms with E-state index < -0.39 is 0 Å². The molecule has 1 saturated heterocycles. The molecule has 2 aromatic heterocycles. The first kappa shape index (κ1) is 24.2. The second-order valence-electron chi connectivity index (χ2n) is 10.5. The molecular weight excluding hydrogens is 436 g/mol. The maximum atomic E-state index is 13.1. The van der Waals surface area contributed by atoms with Gasteiger partial charge in [-0.3, -0.25) is 9.88 Å². The number of anilines is 1. The van der Waals surface area contributed by atoms with Crippen molar-refractivity contribution in [2.75, 3.05) is 31.6 Å². The third-order valence-electron chi connectivity index (χ3n) is 7.82. The zero-order valence-electron chi connectivity index (χ0n) is 21.2. The first-order valence-corrected chi connectivity index (χ1v) is 13.8. The normalized spacial score (nSPS) is 20.8. The number of carbonyl (C=O) groups is 1. The molecule has 1 N–H and O–H groups in total. The van der Waals surface area contributed by atoms with Gasteiger partial charge in [0.15, 0.2) is 0 Å². The van der Waals surface area contributed by atoms with Gasteiger partial charge in [-0.1, -0.05) is 25.0 Å². The van der Waals surface area contributed by atoms with Crippen LogP contribution in [0.15, 0.2) is 30.5 Å². The molecule has 3 aliphatic rings. The van der Waals surface area contributed by atoms with Gasteiger partial charge >= 0.3 is 5.97 Å². The van der Waals surface area contributed by atoms with Crippen LogP contribution in [-0.2, 0) is 22.4 Å². The number of pyridine rings is 2. The highest BCUT2D eigenvalue weighted by Crippen LogP contribution is 2.43. The fourth-order valence-electron chi connectivity index (χ4n) is 5.81. The molecule has 0 radical (unpaired) electrons. The van der Waals surface area contributed by atoms with Crippen molar-refractivity contribution in [2.45, 2.75) is 83.1 Å². The molecule has 2 aliphatic heterocycles. The molecule has 2 aromatic rings. The standard InChI is InChI=1S/C29H40N4O2/c1-2-35-29(34)27(25-11-7-17-30-26(25)22-12-13-22)33-19-16-21(20-33)8-4-3-5-10-24-15-14-23-9-6-18-31-28(23)32-24/h7,11,14-15,17,21-22,27H,2-6,8-10,12-13,16,18-20H2,1H3,(H,31,32). The Hall–Kier alpha value is -2.47. The van der Waals surface area contributed by atoms with E-state index in [2.05, 4.69) is 33.4 Å². The Balaban J connectivity index is 1.11. The number of hydrogen-bond donors (Lipinski definition) is 1. The summed E-state index contributed by atoms with van der Waals surface area (Å²) in [5.41, 5.74) is 4.76. The molecule has 2 fully saturated rings. The number of aryl methyl sites for hydroxylation is 2. The lowest BCUT2D eigenvalue weighted by Gasteiger charge is -2.28. The van der Waals surface area contributed by atoms with E-state index in [4.69, 9.17) is 9.72 Å². The SMILES string of the molecule is CCOC(=O)C(c1cccnc1C1CC1)N1CCC(CCCCCc2ccc3c(n2)NCCC3)C1. The van der Waals surface area contributed by atoms with Gasteiger partial charge in [0.1, 0.15) is 11.9 Å². The quantitative estimate of drug-likeness (QED) is 0.344. The van der Waals surface area contributed by atoms with Gasteiger partial charge in [-0.05, 0) is 88.4 Å². The highest BCUT2D eigenvalue weighted by molar-refractivity contribution is 5.78. The summed E-state index contributed by atoms with van der Waals surface area (Å²) in [6, 6.07) is 8.22. The van der Waals surface area contributed by atoms with Gasteiger partial charge in [0.05, 0.1) is 6.61 Å². The van der Waals surface area contributed by atoms with E-state index >= 15 is 0 Å². The molecule has 0 aromatic carbocycles. The molecule has 2 atom stereocenters. The Morgan fingerprint density at radius 2 is 2.11 bits per heavy atom. The molecule has 6 heteroatoms. The summed E-state index contributed by atoms with van der Waals surface area (Å²) in [4.78, 5) is 24.9. The highest BCUT2D eigenvalue weighted by atomic mass is 16.5. The van der Waals surface area contributed by atoms with Crippen molar-refractivity contribution in [3.8, 4) is 0 Å². The van der Waals surface area contributed by atoms with Crippen LogP contribution >= 0.6 is 0 Å². The highest BCUT2D eigenvalue weighted by Gasteiger charge is 2.38. The molecule has 5 rings (SSSR count). The van der Waals surface area contributed by atoms with E-state index in [-0.39, 0.29) is 12.0 Å². The second-order valence-corrected chi connectivity index (χ2v) is 10.5. The number of fused-ring (bicyclic) bond motifs is 1. The molecule has 0 amide bonds. The van der Waals surface area contributed by atoms with Gasteiger partial charge in [-0.2, -0.15) is 0 Å². The minimum absolute atomic E-state index is 0.116. The number of unbranched alkanes of at least 4 members (excludes halogenated alkanes) is 2. The summed E-state index contributed by atoms with van der Waals surface area (Å²) in [5.74, 6) is 2.16. The summed E-state index contributed by atoms with van der Waals surface area (Å²) < 4.78 is 5.53.